The van der Waals surface area contributed by atoms with Gasteiger partial charge in [0.05, 0.1) is 6.61 Å². The lowest BCUT2D eigenvalue weighted by molar-refractivity contribution is -0.109. The van der Waals surface area contributed by atoms with Gasteiger partial charge < -0.3 is 15.7 Å². The molecule has 0 aromatic heterocycles. The molecule has 11 heavy (non-hydrogen) atoms. The number of β-amino-alcohol motifs (C(OH)–C–C–N with tert-alkyl or cyclic N) is 1. The van der Waals surface area contributed by atoms with Gasteiger partial charge in [0.25, 0.3) is 0 Å². The minimum Gasteiger partial charge on any atom is -0.395 e. The van der Waals surface area contributed by atoms with Gasteiger partial charge in [0, 0.05) is 18.6 Å². The zero-order valence-corrected chi connectivity index (χ0v) is 7.05. The summed E-state index contributed by atoms with van der Waals surface area (Å²) in [5.74, 6) is 0. The summed E-state index contributed by atoms with van der Waals surface area (Å²) < 4.78 is 0. The van der Waals surface area contributed by atoms with Crippen LogP contribution in [-0.2, 0) is 4.79 Å². The first kappa shape index (κ1) is 10.4. The maximum absolute atomic E-state index is 9.94. The van der Waals surface area contributed by atoms with Gasteiger partial charge in [-0.25, -0.2) is 0 Å². The highest BCUT2D eigenvalue weighted by molar-refractivity contribution is 5.46. The number of hydrogen-bond donors (Lipinski definition) is 3. The smallest absolute Gasteiger partial charge is 0.207 e. The van der Waals surface area contributed by atoms with E-state index >= 15 is 0 Å². The van der Waals surface area contributed by atoms with Gasteiger partial charge in [0.2, 0.25) is 6.41 Å². The minimum atomic E-state index is -0.149. The predicted molar refractivity (Wildman–Crippen MR) is 43.2 cm³/mol. The molecule has 0 atom stereocenters. The average Bonchev–Trinajstić information content (AvgIpc) is 1.97. The van der Waals surface area contributed by atoms with E-state index in [0.29, 0.717) is 19.5 Å². The molecular weight excluding hydrogens is 144 g/mol. The molecule has 0 aliphatic rings. The molecule has 0 bridgehead atoms. The van der Waals surface area contributed by atoms with Gasteiger partial charge >= 0.3 is 0 Å². The molecular formula is C7H16N2O2. The third-order valence-corrected chi connectivity index (χ3v) is 1.34. The summed E-state index contributed by atoms with van der Waals surface area (Å²) in [6, 6.07) is 0. The Kier molecular flexibility index (Phi) is 4.81. The summed E-state index contributed by atoms with van der Waals surface area (Å²) in [5.41, 5.74) is -0.149. The van der Waals surface area contributed by atoms with Gasteiger partial charge in [-0.15, -0.1) is 0 Å². The Morgan fingerprint density at radius 3 is 2.64 bits per heavy atom. The molecule has 0 unspecified atom stereocenters. The van der Waals surface area contributed by atoms with E-state index in [1.807, 2.05) is 13.8 Å². The van der Waals surface area contributed by atoms with E-state index in [2.05, 4.69) is 10.6 Å². The standard InChI is InChI=1S/C7H16N2O2/c1-7(2,5-8-6-11)9-3-4-10/h6,9-10H,3-5H2,1-2H3,(H,8,11). The van der Waals surface area contributed by atoms with Crippen LogP contribution in [-0.4, -0.2) is 36.8 Å². The van der Waals surface area contributed by atoms with Crippen LogP contribution in [0.15, 0.2) is 0 Å². The first-order valence-corrected chi connectivity index (χ1v) is 3.65. The fraction of sp³-hybridized carbons (Fsp3) is 0.857. The second kappa shape index (κ2) is 5.09. The molecule has 3 N–H and O–H groups in total. The van der Waals surface area contributed by atoms with Crippen molar-refractivity contribution in [2.75, 3.05) is 19.7 Å². The molecule has 0 radical (unpaired) electrons. The van der Waals surface area contributed by atoms with Crippen LogP contribution < -0.4 is 10.6 Å². The maximum atomic E-state index is 9.94. The summed E-state index contributed by atoms with van der Waals surface area (Å²) in [7, 11) is 0. The van der Waals surface area contributed by atoms with Crippen LogP contribution in [0.5, 0.6) is 0 Å². The molecule has 0 saturated carbocycles. The molecule has 0 spiro atoms. The third-order valence-electron chi connectivity index (χ3n) is 1.34. The topological polar surface area (TPSA) is 61.4 Å². The Bertz CT molecular complexity index is 115. The molecule has 0 rings (SSSR count). The summed E-state index contributed by atoms with van der Waals surface area (Å²) in [4.78, 5) is 9.94. The second-order valence-corrected chi connectivity index (χ2v) is 3.03. The van der Waals surface area contributed by atoms with Gasteiger partial charge in [0.1, 0.15) is 0 Å². The highest BCUT2D eigenvalue weighted by atomic mass is 16.3. The fourth-order valence-corrected chi connectivity index (χ4v) is 0.754. The van der Waals surface area contributed by atoms with E-state index < -0.39 is 0 Å². The van der Waals surface area contributed by atoms with Crippen LogP contribution in [0.2, 0.25) is 0 Å². The number of carbonyl (C=O) groups is 1. The summed E-state index contributed by atoms with van der Waals surface area (Å²) in [6.07, 6.45) is 0.669. The largest absolute Gasteiger partial charge is 0.395 e. The van der Waals surface area contributed by atoms with Gasteiger partial charge in [-0.1, -0.05) is 0 Å². The molecule has 1 amide bonds. The zero-order chi connectivity index (χ0) is 8.74. The van der Waals surface area contributed by atoms with E-state index in [9.17, 15) is 4.79 Å². The van der Waals surface area contributed by atoms with E-state index in [-0.39, 0.29) is 12.1 Å². The Morgan fingerprint density at radius 1 is 1.55 bits per heavy atom. The lowest BCUT2D eigenvalue weighted by Gasteiger charge is -2.25. The van der Waals surface area contributed by atoms with E-state index in [4.69, 9.17) is 5.11 Å². The minimum absolute atomic E-state index is 0.116. The van der Waals surface area contributed by atoms with Gasteiger partial charge in [-0.2, -0.15) is 0 Å². The number of rotatable bonds is 6. The van der Waals surface area contributed by atoms with Crippen LogP contribution in [0, 0.1) is 0 Å². The molecule has 0 aromatic carbocycles. The van der Waals surface area contributed by atoms with Crippen molar-refractivity contribution in [3.05, 3.63) is 0 Å². The van der Waals surface area contributed by atoms with Crippen molar-refractivity contribution in [3.8, 4) is 0 Å². The molecule has 0 saturated heterocycles. The van der Waals surface area contributed by atoms with Crippen LogP contribution in [0.4, 0.5) is 0 Å². The number of amides is 1. The highest BCUT2D eigenvalue weighted by Crippen LogP contribution is 1.97. The van der Waals surface area contributed by atoms with Crippen molar-refractivity contribution in [1.29, 1.82) is 0 Å². The second-order valence-electron chi connectivity index (χ2n) is 3.03. The Balaban J connectivity index is 3.51. The van der Waals surface area contributed by atoms with Gasteiger partial charge in [-0.05, 0) is 13.8 Å². The fourth-order valence-electron chi connectivity index (χ4n) is 0.754. The first-order chi connectivity index (χ1) is 5.12. The lowest BCUT2D eigenvalue weighted by atomic mass is 10.1. The molecule has 4 nitrogen and oxygen atoms in total. The molecule has 0 fully saturated rings. The molecule has 0 heterocycles. The summed E-state index contributed by atoms with van der Waals surface area (Å²) >= 11 is 0. The van der Waals surface area contributed by atoms with Gasteiger partial charge in [-0.3, -0.25) is 4.79 Å². The third kappa shape index (κ3) is 5.82. The van der Waals surface area contributed by atoms with E-state index in [1.54, 1.807) is 0 Å². The number of carbonyl (C=O) groups excluding carboxylic acids is 1. The maximum Gasteiger partial charge on any atom is 0.207 e. The molecule has 0 aromatic rings. The summed E-state index contributed by atoms with van der Waals surface area (Å²) in [6.45, 7) is 5.15. The van der Waals surface area contributed by atoms with Crippen molar-refractivity contribution in [1.82, 2.24) is 10.6 Å². The van der Waals surface area contributed by atoms with Crippen molar-refractivity contribution < 1.29 is 9.90 Å². The van der Waals surface area contributed by atoms with Crippen molar-refractivity contribution in [2.24, 2.45) is 0 Å². The SMILES string of the molecule is CC(C)(CNC=O)NCCO. The number of nitrogens with one attached hydrogen (secondary N) is 2. The Hall–Kier alpha value is -0.610. The van der Waals surface area contributed by atoms with Crippen LogP contribution in [0.3, 0.4) is 0 Å². The van der Waals surface area contributed by atoms with Crippen LogP contribution in [0.25, 0.3) is 0 Å². The normalized spacial score (nSPS) is 11.2. The van der Waals surface area contributed by atoms with Crippen LogP contribution >= 0.6 is 0 Å². The average molecular weight is 160 g/mol. The summed E-state index contributed by atoms with van der Waals surface area (Å²) in [5, 5.41) is 14.1. The number of hydrogen-bond acceptors (Lipinski definition) is 3. The number of aliphatic hydroxyl groups excluding tert-OH is 1. The zero-order valence-electron chi connectivity index (χ0n) is 7.05. The number of aliphatic hydroxyl groups is 1. The Labute approximate surface area is 67.0 Å². The van der Waals surface area contributed by atoms with E-state index in [1.165, 1.54) is 0 Å². The quantitative estimate of drug-likeness (QED) is 0.441. The highest BCUT2D eigenvalue weighted by Gasteiger charge is 2.14. The predicted octanol–water partition coefficient (Wildman–Crippen LogP) is -0.907. The first-order valence-electron chi connectivity index (χ1n) is 3.65. The molecule has 4 heteroatoms. The molecule has 66 valence electrons. The molecule has 0 aliphatic heterocycles. The van der Waals surface area contributed by atoms with Gasteiger partial charge in [0.15, 0.2) is 0 Å². The van der Waals surface area contributed by atoms with Crippen molar-refractivity contribution >= 4 is 6.41 Å². The van der Waals surface area contributed by atoms with Crippen molar-refractivity contribution in [3.63, 3.8) is 0 Å². The van der Waals surface area contributed by atoms with E-state index in [0.717, 1.165) is 0 Å². The molecule has 0 aliphatic carbocycles. The lowest BCUT2D eigenvalue weighted by Crippen LogP contribution is -2.48. The van der Waals surface area contributed by atoms with Crippen LogP contribution in [0.1, 0.15) is 13.8 Å². The Morgan fingerprint density at radius 2 is 2.18 bits per heavy atom. The monoisotopic (exact) mass is 160 g/mol. The van der Waals surface area contributed by atoms with Crippen molar-refractivity contribution in [2.45, 2.75) is 19.4 Å².